The van der Waals surface area contributed by atoms with Crippen LogP contribution in [0.5, 0.6) is 0 Å². The Hall–Kier alpha value is -1.62. The number of hydrogen-bond donors (Lipinski definition) is 2. The van der Waals surface area contributed by atoms with E-state index in [0.29, 0.717) is 24.1 Å². The van der Waals surface area contributed by atoms with Gasteiger partial charge in [0.05, 0.1) is 18.3 Å². The van der Waals surface area contributed by atoms with Crippen molar-refractivity contribution in [3.05, 3.63) is 24.0 Å². The van der Waals surface area contributed by atoms with E-state index in [1.54, 1.807) is 18.3 Å². The molecule has 110 valence electrons. The molecule has 1 aliphatic rings. The fourth-order valence-corrected chi connectivity index (χ4v) is 2.52. The number of aromatic nitrogens is 1. The molecule has 2 rings (SSSR count). The Morgan fingerprint density at radius 1 is 1.55 bits per heavy atom. The number of pyridine rings is 1. The summed E-state index contributed by atoms with van der Waals surface area (Å²) in [6.45, 7) is 7.41. The maximum Gasteiger partial charge on any atom is 0.226 e. The number of nitrogens with zero attached hydrogens (tertiary/aromatic N) is 2. The standard InChI is InChI=1S/C15H24N4O/c1-11(2)19-6-5-12(10-19)8-18-15(20)7-14-4-3-13(16)9-17-14/h3-4,9,11-12H,5-8,10,16H2,1-2H3,(H,18,20). The Labute approximate surface area is 120 Å². The molecule has 20 heavy (non-hydrogen) atoms. The predicted molar refractivity (Wildman–Crippen MR) is 80.2 cm³/mol. The van der Waals surface area contributed by atoms with Crippen LogP contribution in [0.2, 0.25) is 0 Å². The minimum Gasteiger partial charge on any atom is -0.397 e. The van der Waals surface area contributed by atoms with Crippen molar-refractivity contribution in [2.24, 2.45) is 5.92 Å². The molecule has 1 saturated heterocycles. The lowest BCUT2D eigenvalue weighted by Crippen LogP contribution is -2.33. The van der Waals surface area contributed by atoms with Crippen molar-refractivity contribution in [2.75, 3.05) is 25.4 Å². The number of carbonyl (C=O) groups is 1. The molecule has 1 aromatic heterocycles. The highest BCUT2D eigenvalue weighted by molar-refractivity contribution is 5.78. The number of nitrogens with one attached hydrogen (secondary N) is 1. The van der Waals surface area contributed by atoms with E-state index >= 15 is 0 Å². The number of hydrogen-bond acceptors (Lipinski definition) is 4. The molecule has 1 atom stereocenters. The van der Waals surface area contributed by atoms with Crippen molar-refractivity contribution < 1.29 is 4.79 Å². The molecule has 0 spiro atoms. The average Bonchev–Trinajstić information content (AvgIpc) is 2.88. The molecular formula is C15H24N4O. The molecule has 5 nitrogen and oxygen atoms in total. The Morgan fingerprint density at radius 2 is 2.35 bits per heavy atom. The molecule has 3 N–H and O–H groups in total. The first-order valence-corrected chi connectivity index (χ1v) is 7.25. The van der Waals surface area contributed by atoms with E-state index in [4.69, 9.17) is 5.73 Å². The Balaban J connectivity index is 1.72. The number of carbonyl (C=O) groups excluding carboxylic acids is 1. The van der Waals surface area contributed by atoms with E-state index in [1.165, 1.54) is 6.42 Å². The van der Waals surface area contributed by atoms with Crippen LogP contribution in [0.1, 0.15) is 26.0 Å². The van der Waals surface area contributed by atoms with Crippen molar-refractivity contribution in [1.82, 2.24) is 15.2 Å². The van der Waals surface area contributed by atoms with Gasteiger partial charge in [-0.1, -0.05) is 0 Å². The van der Waals surface area contributed by atoms with Crippen LogP contribution >= 0.6 is 0 Å². The van der Waals surface area contributed by atoms with E-state index in [9.17, 15) is 4.79 Å². The van der Waals surface area contributed by atoms with Crippen LogP contribution in [0.15, 0.2) is 18.3 Å². The van der Waals surface area contributed by atoms with E-state index in [-0.39, 0.29) is 5.91 Å². The third kappa shape index (κ3) is 4.20. The summed E-state index contributed by atoms with van der Waals surface area (Å²) in [7, 11) is 0. The first-order valence-electron chi connectivity index (χ1n) is 7.25. The molecule has 1 aromatic rings. The average molecular weight is 276 g/mol. The smallest absolute Gasteiger partial charge is 0.226 e. The zero-order chi connectivity index (χ0) is 14.5. The van der Waals surface area contributed by atoms with Gasteiger partial charge in [-0.25, -0.2) is 0 Å². The Bertz CT molecular complexity index is 444. The van der Waals surface area contributed by atoms with E-state index < -0.39 is 0 Å². The van der Waals surface area contributed by atoms with E-state index in [0.717, 1.165) is 25.3 Å². The van der Waals surface area contributed by atoms with Crippen LogP contribution in [0.25, 0.3) is 0 Å². The highest BCUT2D eigenvalue weighted by Gasteiger charge is 2.24. The van der Waals surface area contributed by atoms with Crippen LogP contribution in [-0.2, 0) is 11.2 Å². The molecule has 2 heterocycles. The van der Waals surface area contributed by atoms with Gasteiger partial charge in [0.15, 0.2) is 0 Å². The van der Waals surface area contributed by atoms with Crippen LogP contribution in [0, 0.1) is 5.92 Å². The van der Waals surface area contributed by atoms with Gasteiger partial charge in [-0.15, -0.1) is 0 Å². The van der Waals surface area contributed by atoms with Crippen molar-refractivity contribution >= 4 is 11.6 Å². The summed E-state index contributed by atoms with van der Waals surface area (Å²) in [5.41, 5.74) is 6.94. The van der Waals surface area contributed by atoms with E-state index in [2.05, 4.69) is 29.0 Å². The third-order valence-corrected chi connectivity index (χ3v) is 3.82. The summed E-state index contributed by atoms with van der Waals surface area (Å²) in [6, 6.07) is 4.16. The van der Waals surface area contributed by atoms with Crippen molar-refractivity contribution in [3.63, 3.8) is 0 Å². The van der Waals surface area contributed by atoms with Crippen LogP contribution < -0.4 is 11.1 Å². The first-order chi connectivity index (χ1) is 9.54. The van der Waals surface area contributed by atoms with Crippen molar-refractivity contribution in [2.45, 2.75) is 32.7 Å². The second-order valence-corrected chi connectivity index (χ2v) is 5.81. The number of rotatable bonds is 5. The molecule has 1 unspecified atom stereocenters. The molecule has 1 amide bonds. The van der Waals surface area contributed by atoms with E-state index in [1.807, 2.05) is 0 Å². The fourth-order valence-electron chi connectivity index (χ4n) is 2.52. The minimum atomic E-state index is 0.0327. The van der Waals surface area contributed by atoms with Crippen LogP contribution in [-0.4, -0.2) is 41.5 Å². The van der Waals surface area contributed by atoms with Gasteiger partial charge in [-0.2, -0.15) is 0 Å². The molecule has 0 saturated carbocycles. The second-order valence-electron chi connectivity index (χ2n) is 5.81. The van der Waals surface area contributed by atoms with Gasteiger partial charge in [0.2, 0.25) is 5.91 Å². The Kier molecular flexibility index (Phi) is 4.95. The quantitative estimate of drug-likeness (QED) is 0.843. The van der Waals surface area contributed by atoms with Gasteiger partial charge >= 0.3 is 0 Å². The molecule has 0 bridgehead atoms. The van der Waals surface area contributed by atoms with Crippen molar-refractivity contribution in [1.29, 1.82) is 0 Å². The zero-order valence-corrected chi connectivity index (χ0v) is 12.3. The lowest BCUT2D eigenvalue weighted by molar-refractivity contribution is -0.120. The molecule has 1 aliphatic heterocycles. The topological polar surface area (TPSA) is 71.2 Å². The van der Waals surface area contributed by atoms with Crippen LogP contribution in [0.3, 0.4) is 0 Å². The largest absolute Gasteiger partial charge is 0.397 e. The number of likely N-dealkylation sites (tertiary alicyclic amines) is 1. The summed E-state index contributed by atoms with van der Waals surface area (Å²) < 4.78 is 0. The SMILES string of the molecule is CC(C)N1CCC(CNC(=O)Cc2ccc(N)cn2)C1. The Morgan fingerprint density at radius 3 is 2.95 bits per heavy atom. The summed E-state index contributed by atoms with van der Waals surface area (Å²) in [4.78, 5) is 18.5. The zero-order valence-electron chi connectivity index (χ0n) is 12.3. The maximum absolute atomic E-state index is 11.9. The van der Waals surface area contributed by atoms with Gasteiger partial charge in [0, 0.05) is 24.8 Å². The van der Waals surface area contributed by atoms with Crippen molar-refractivity contribution in [3.8, 4) is 0 Å². The minimum absolute atomic E-state index is 0.0327. The van der Waals surface area contributed by atoms with Gasteiger partial charge in [-0.05, 0) is 44.9 Å². The normalized spacial score (nSPS) is 19.4. The molecule has 1 fully saturated rings. The number of nitrogens with two attached hydrogens (primary N) is 1. The molecular weight excluding hydrogens is 252 g/mol. The number of amides is 1. The third-order valence-electron chi connectivity index (χ3n) is 3.82. The van der Waals surface area contributed by atoms with Gasteiger partial charge in [-0.3, -0.25) is 9.78 Å². The number of nitrogen functional groups attached to an aromatic ring is 1. The monoisotopic (exact) mass is 276 g/mol. The number of anilines is 1. The molecule has 0 radical (unpaired) electrons. The first kappa shape index (κ1) is 14.8. The van der Waals surface area contributed by atoms with Gasteiger partial charge < -0.3 is 16.0 Å². The van der Waals surface area contributed by atoms with Gasteiger partial charge in [0.25, 0.3) is 0 Å². The summed E-state index contributed by atoms with van der Waals surface area (Å²) in [6.07, 6.45) is 3.07. The summed E-state index contributed by atoms with van der Waals surface area (Å²) in [5.74, 6) is 0.603. The lowest BCUT2D eigenvalue weighted by atomic mass is 10.1. The van der Waals surface area contributed by atoms with Crippen LogP contribution in [0.4, 0.5) is 5.69 Å². The molecule has 0 aliphatic carbocycles. The molecule has 0 aromatic carbocycles. The second kappa shape index (κ2) is 6.70. The summed E-state index contributed by atoms with van der Waals surface area (Å²) >= 11 is 0. The fraction of sp³-hybridized carbons (Fsp3) is 0.600. The lowest BCUT2D eigenvalue weighted by Gasteiger charge is -2.20. The summed E-state index contributed by atoms with van der Waals surface area (Å²) in [5, 5.41) is 3.01. The molecule has 5 heteroatoms. The van der Waals surface area contributed by atoms with Gasteiger partial charge in [0.1, 0.15) is 0 Å². The highest BCUT2D eigenvalue weighted by Crippen LogP contribution is 2.17. The maximum atomic E-state index is 11.9. The highest BCUT2D eigenvalue weighted by atomic mass is 16.1. The predicted octanol–water partition coefficient (Wildman–Crippen LogP) is 1.05.